The van der Waals surface area contributed by atoms with Gasteiger partial charge in [0, 0.05) is 43.2 Å². The minimum Gasteiger partial charge on any atom is -0.490 e. The first-order chi connectivity index (χ1) is 16.6. The van der Waals surface area contributed by atoms with Crippen LogP contribution in [0, 0.1) is 5.82 Å². The number of nitrogens with zero attached hydrogens (tertiary/aromatic N) is 2. The molecule has 0 atom stereocenters. The van der Waals surface area contributed by atoms with Crippen molar-refractivity contribution in [2.24, 2.45) is 0 Å². The zero-order valence-corrected chi connectivity index (χ0v) is 23.3. The van der Waals surface area contributed by atoms with E-state index in [4.69, 9.17) is 25.8 Å². The highest BCUT2D eigenvalue weighted by Gasteiger charge is 2.38. The molecule has 202 valence electrons. The van der Waals surface area contributed by atoms with Gasteiger partial charge in [-0.1, -0.05) is 36.7 Å². The van der Waals surface area contributed by atoms with Crippen molar-refractivity contribution < 1.29 is 18.6 Å². The van der Waals surface area contributed by atoms with Gasteiger partial charge in [0.2, 0.25) is 0 Å². The summed E-state index contributed by atoms with van der Waals surface area (Å²) in [4.78, 5) is 5.02. The van der Waals surface area contributed by atoms with Crippen molar-refractivity contribution in [2.75, 3.05) is 52.5 Å². The molecule has 5 nitrogen and oxygen atoms in total. The summed E-state index contributed by atoms with van der Waals surface area (Å²) >= 11 is 6.07. The first-order valence-electron chi connectivity index (χ1n) is 12.5. The molecule has 2 heterocycles. The molecule has 2 aromatic carbocycles. The van der Waals surface area contributed by atoms with Crippen LogP contribution in [-0.4, -0.2) is 68.4 Å². The van der Waals surface area contributed by atoms with Gasteiger partial charge in [-0.05, 0) is 62.7 Å². The minimum atomic E-state index is -0.738. The van der Waals surface area contributed by atoms with E-state index in [2.05, 4.69) is 16.7 Å². The molecule has 0 spiro atoms. The Labute approximate surface area is 232 Å². The largest absolute Gasteiger partial charge is 0.490 e. The fourth-order valence-corrected chi connectivity index (χ4v) is 5.02. The number of likely N-dealkylation sites (tertiary alicyclic amines) is 1. The predicted molar refractivity (Wildman–Crippen MR) is 147 cm³/mol. The van der Waals surface area contributed by atoms with Crippen molar-refractivity contribution >= 4 is 36.4 Å². The van der Waals surface area contributed by atoms with Gasteiger partial charge in [0.25, 0.3) is 0 Å². The molecule has 0 aromatic heterocycles. The van der Waals surface area contributed by atoms with Crippen molar-refractivity contribution in [1.82, 2.24) is 9.80 Å². The lowest BCUT2D eigenvalue weighted by atomic mass is 10.00. The fourth-order valence-electron chi connectivity index (χ4n) is 4.84. The Kier molecular flexibility index (Phi) is 13.2. The minimum absolute atomic E-state index is 0. The third-order valence-electron chi connectivity index (χ3n) is 6.83. The van der Waals surface area contributed by atoms with Crippen LogP contribution in [-0.2, 0) is 15.3 Å². The second kappa shape index (κ2) is 15.3. The molecule has 36 heavy (non-hydrogen) atoms. The maximum Gasteiger partial charge on any atom is 0.195 e. The first-order valence-corrected chi connectivity index (χ1v) is 12.8. The average Bonchev–Trinajstić information content (AvgIpc) is 3.32. The number of benzene rings is 2. The van der Waals surface area contributed by atoms with Crippen LogP contribution in [0.25, 0.3) is 0 Å². The summed E-state index contributed by atoms with van der Waals surface area (Å²) < 4.78 is 31.5. The molecule has 2 aromatic rings. The Morgan fingerprint density at radius 1 is 1.06 bits per heavy atom. The number of ether oxygens (including phenoxy) is 3. The zero-order chi connectivity index (χ0) is 23.8. The highest BCUT2D eigenvalue weighted by Crippen LogP contribution is 2.36. The van der Waals surface area contributed by atoms with Crippen LogP contribution in [0.5, 0.6) is 5.75 Å². The van der Waals surface area contributed by atoms with Crippen LogP contribution in [0.4, 0.5) is 4.39 Å². The Hall–Kier alpha value is -1.12. The molecule has 9 heteroatoms. The first kappa shape index (κ1) is 31.1. The van der Waals surface area contributed by atoms with Crippen LogP contribution in [0.3, 0.4) is 0 Å². The normalized spacial score (nSPS) is 18.0. The van der Waals surface area contributed by atoms with E-state index in [0.29, 0.717) is 18.2 Å². The second-order valence-electron chi connectivity index (χ2n) is 9.11. The van der Waals surface area contributed by atoms with Crippen molar-refractivity contribution in [3.8, 4) is 5.75 Å². The standard InChI is InChI=1S/C27H36ClFN2O3.2ClH/c1-2-30(14-4-13-27(32-19-20-33-27)22-7-9-24(29)10-8-22)17-18-31-15-11-25(12-16-31)34-26-6-3-5-23(28)21-26;;/h3,5-10,21,25H,2,4,11-20H2,1H3;2*1H. The molecule has 2 fully saturated rings. The van der Waals surface area contributed by atoms with Crippen molar-refractivity contribution in [1.29, 1.82) is 0 Å². The molecule has 0 aliphatic carbocycles. The molecule has 2 saturated heterocycles. The number of hydrogen-bond donors (Lipinski definition) is 0. The summed E-state index contributed by atoms with van der Waals surface area (Å²) in [6.07, 6.45) is 4.05. The Morgan fingerprint density at radius 2 is 1.75 bits per heavy atom. The molecule has 0 N–H and O–H groups in total. The topological polar surface area (TPSA) is 34.2 Å². The van der Waals surface area contributed by atoms with Gasteiger partial charge in [-0.15, -0.1) is 24.8 Å². The van der Waals surface area contributed by atoms with Crippen LogP contribution in [0.1, 0.15) is 38.2 Å². The molecule has 0 unspecified atom stereocenters. The Morgan fingerprint density at radius 3 is 2.39 bits per heavy atom. The Balaban J connectivity index is 0.00000228. The van der Waals surface area contributed by atoms with E-state index < -0.39 is 5.79 Å². The van der Waals surface area contributed by atoms with Crippen molar-refractivity contribution in [2.45, 2.75) is 44.5 Å². The number of likely N-dealkylation sites (N-methyl/N-ethyl adjacent to an activating group) is 1. The summed E-state index contributed by atoms with van der Waals surface area (Å²) in [6, 6.07) is 14.2. The van der Waals surface area contributed by atoms with E-state index in [9.17, 15) is 4.39 Å². The van der Waals surface area contributed by atoms with Gasteiger partial charge in [0.1, 0.15) is 17.7 Å². The Bertz CT molecular complexity index is 892. The van der Waals surface area contributed by atoms with E-state index in [-0.39, 0.29) is 36.7 Å². The van der Waals surface area contributed by atoms with Crippen molar-refractivity contribution in [3.63, 3.8) is 0 Å². The third-order valence-corrected chi connectivity index (χ3v) is 7.07. The van der Waals surface area contributed by atoms with Crippen LogP contribution < -0.4 is 4.74 Å². The lowest BCUT2D eigenvalue weighted by molar-refractivity contribution is -0.172. The highest BCUT2D eigenvalue weighted by atomic mass is 35.5. The average molecular weight is 564 g/mol. The SMILES string of the molecule is CCN(CCCC1(c2ccc(F)cc2)OCCO1)CCN1CCC(Oc2cccc(Cl)c2)CC1.Cl.Cl. The number of hydrogen-bond acceptors (Lipinski definition) is 5. The van der Waals surface area contributed by atoms with Crippen LogP contribution in [0.15, 0.2) is 48.5 Å². The second-order valence-corrected chi connectivity index (χ2v) is 9.55. The van der Waals surface area contributed by atoms with Gasteiger partial charge in [-0.2, -0.15) is 0 Å². The number of rotatable bonds is 11. The van der Waals surface area contributed by atoms with E-state index >= 15 is 0 Å². The maximum absolute atomic E-state index is 13.4. The molecule has 0 bridgehead atoms. The number of piperidine rings is 1. The molecular formula is C27H38Cl3FN2O3. The molecule has 4 rings (SSSR count). The molecular weight excluding hydrogens is 526 g/mol. The summed E-state index contributed by atoms with van der Waals surface area (Å²) in [6.45, 7) is 9.58. The summed E-state index contributed by atoms with van der Waals surface area (Å²) in [7, 11) is 0. The van der Waals surface area contributed by atoms with Crippen LogP contribution in [0.2, 0.25) is 5.02 Å². The van der Waals surface area contributed by atoms with Crippen LogP contribution >= 0.6 is 36.4 Å². The smallest absolute Gasteiger partial charge is 0.195 e. The zero-order valence-electron chi connectivity index (χ0n) is 20.9. The van der Waals surface area contributed by atoms with E-state index in [0.717, 1.165) is 76.3 Å². The monoisotopic (exact) mass is 562 g/mol. The van der Waals surface area contributed by atoms with Gasteiger partial charge in [-0.3, -0.25) is 0 Å². The van der Waals surface area contributed by atoms with Gasteiger partial charge in [0.05, 0.1) is 13.2 Å². The quantitative estimate of drug-likeness (QED) is 0.327. The molecule has 0 saturated carbocycles. The molecule has 0 amide bonds. The van der Waals surface area contributed by atoms with Crippen molar-refractivity contribution in [3.05, 3.63) is 64.9 Å². The molecule has 2 aliphatic heterocycles. The highest BCUT2D eigenvalue weighted by molar-refractivity contribution is 6.30. The van der Waals surface area contributed by atoms with E-state index in [1.165, 1.54) is 12.1 Å². The molecule has 2 aliphatic rings. The summed E-state index contributed by atoms with van der Waals surface area (Å²) in [5.74, 6) is -0.122. The predicted octanol–water partition coefficient (Wildman–Crippen LogP) is 6.17. The number of halogens is 4. The van der Waals surface area contributed by atoms with Gasteiger partial charge in [0.15, 0.2) is 5.79 Å². The van der Waals surface area contributed by atoms with Gasteiger partial charge < -0.3 is 24.0 Å². The molecule has 0 radical (unpaired) electrons. The van der Waals surface area contributed by atoms with Gasteiger partial charge >= 0.3 is 0 Å². The third kappa shape index (κ3) is 8.73. The summed E-state index contributed by atoms with van der Waals surface area (Å²) in [5.41, 5.74) is 0.900. The van der Waals surface area contributed by atoms with E-state index in [1.54, 1.807) is 12.1 Å². The van der Waals surface area contributed by atoms with E-state index in [1.807, 2.05) is 24.3 Å². The summed E-state index contributed by atoms with van der Waals surface area (Å²) in [5, 5.41) is 0.712. The lowest BCUT2D eigenvalue weighted by Crippen LogP contribution is -2.42. The van der Waals surface area contributed by atoms with Gasteiger partial charge in [-0.25, -0.2) is 4.39 Å². The fraction of sp³-hybridized carbons (Fsp3) is 0.556. The maximum atomic E-state index is 13.4. The lowest BCUT2D eigenvalue weighted by Gasteiger charge is -2.34.